The van der Waals surface area contributed by atoms with Gasteiger partial charge >= 0.3 is 0 Å². The lowest BCUT2D eigenvalue weighted by Crippen LogP contribution is -2.46. The number of morpholine rings is 1. The van der Waals surface area contributed by atoms with E-state index in [1.807, 2.05) is 6.92 Å². The van der Waals surface area contributed by atoms with Gasteiger partial charge in [-0.2, -0.15) is 0 Å². The number of hydrogen-bond acceptors (Lipinski definition) is 5. The monoisotopic (exact) mass is 333 g/mol. The van der Waals surface area contributed by atoms with Gasteiger partial charge in [-0.1, -0.05) is 17.7 Å². The summed E-state index contributed by atoms with van der Waals surface area (Å²) in [6.07, 6.45) is 0. The topological polar surface area (TPSA) is 84.7 Å². The Morgan fingerprint density at radius 3 is 2.71 bits per heavy atom. The highest BCUT2D eigenvalue weighted by Gasteiger charge is 2.24. The number of nitrogen functional groups attached to an aromatic ring is 1. The molecule has 0 spiro atoms. The van der Waals surface area contributed by atoms with Crippen molar-refractivity contribution in [3.63, 3.8) is 0 Å². The fraction of sp³-hybridized carbons (Fsp3) is 0.538. The van der Waals surface area contributed by atoms with Crippen LogP contribution >= 0.6 is 11.6 Å². The molecule has 118 valence electrons. The Kier molecular flexibility index (Phi) is 5.45. The molecule has 1 aromatic carbocycles. The third kappa shape index (κ3) is 4.31. The smallest absolute Gasteiger partial charge is 0.244 e. The van der Waals surface area contributed by atoms with E-state index in [0.29, 0.717) is 19.8 Å². The van der Waals surface area contributed by atoms with Gasteiger partial charge in [0.25, 0.3) is 0 Å². The number of nitrogens with one attached hydrogen (secondary N) is 1. The van der Waals surface area contributed by atoms with Crippen molar-refractivity contribution in [1.29, 1.82) is 0 Å². The predicted octanol–water partition coefficient (Wildman–Crippen LogP) is 0.921. The maximum absolute atomic E-state index is 12.4. The van der Waals surface area contributed by atoms with Crippen LogP contribution in [-0.2, 0) is 14.8 Å². The first kappa shape index (κ1) is 16.5. The summed E-state index contributed by atoms with van der Waals surface area (Å²) >= 11 is 5.96. The van der Waals surface area contributed by atoms with Crippen molar-refractivity contribution >= 4 is 27.3 Å². The van der Waals surface area contributed by atoms with E-state index in [9.17, 15) is 8.42 Å². The van der Waals surface area contributed by atoms with E-state index in [4.69, 9.17) is 22.1 Å². The lowest BCUT2D eigenvalue weighted by molar-refractivity contribution is 0.0354. The minimum Gasteiger partial charge on any atom is -0.398 e. The molecule has 1 aliphatic heterocycles. The Morgan fingerprint density at radius 2 is 2.10 bits per heavy atom. The lowest BCUT2D eigenvalue weighted by atomic mass is 10.3. The molecule has 0 saturated carbocycles. The Labute approximate surface area is 130 Å². The largest absolute Gasteiger partial charge is 0.398 e. The van der Waals surface area contributed by atoms with Crippen molar-refractivity contribution in [3.05, 3.63) is 23.2 Å². The minimum absolute atomic E-state index is 0.0551. The van der Waals surface area contributed by atoms with Crippen LogP contribution < -0.4 is 10.5 Å². The third-order valence-electron chi connectivity index (χ3n) is 3.26. The molecule has 6 nitrogen and oxygen atoms in total. The van der Waals surface area contributed by atoms with Gasteiger partial charge < -0.3 is 10.5 Å². The molecule has 1 fully saturated rings. The summed E-state index contributed by atoms with van der Waals surface area (Å²) in [5.74, 6) is 0. The summed E-state index contributed by atoms with van der Waals surface area (Å²) in [4.78, 5) is 2.10. The van der Waals surface area contributed by atoms with E-state index < -0.39 is 10.0 Å². The molecule has 1 aromatic rings. The van der Waals surface area contributed by atoms with E-state index in [0.717, 1.165) is 13.1 Å². The number of sulfonamides is 1. The molecule has 0 radical (unpaired) electrons. The molecule has 2 rings (SSSR count). The van der Waals surface area contributed by atoms with Crippen molar-refractivity contribution in [1.82, 2.24) is 9.62 Å². The number of ether oxygens (including phenoxy) is 1. The van der Waals surface area contributed by atoms with Gasteiger partial charge in [0.2, 0.25) is 10.0 Å². The van der Waals surface area contributed by atoms with Gasteiger partial charge in [-0.05, 0) is 19.1 Å². The van der Waals surface area contributed by atoms with Crippen LogP contribution in [0.2, 0.25) is 5.02 Å². The van der Waals surface area contributed by atoms with Gasteiger partial charge in [0, 0.05) is 25.7 Å². The van der Waals surface area contributed by atoms with E-state index >= 15 is 0 Å². The second-order valence-electron chi connectivity index (χ2n) is 5.09. The van der Waals surface area contributed by atoms with Gasteiger partial charge in [-0.15, -0.1) is 0 Å². The van der Waals surface area contributed by atoms with Gasteiger partial charge in [0.15, 0.2) is 0 Å². The summed E-state index contributed by atoms with van der Waals surface area (Å²) in [5, 5.41) is 0.126. The number of nitrogens with two attached hydrogens (primary N) is 1. The average molecular weight is 334 g/mol. The summed E-state index contributed by atoms with van der Waals surface area (Å²) < 4.78 is 32.7. The van der Waals surface area contributed by atoms with Gasteiger partial charge in [0.1, 0.15) is 4.90 Å². The van der Waals surface area contributed by atoms with Crippen molar-refractivity contribution in [2.45, 2.75) is 17.9 Å². The lowest BCUT2D eigenvalue weighted by Gasteiger charge is -2.29. The second-order valence-corrected chi connectivity index (χ2v) is 7.15. The maximum Gasteiger partial charge on any atom is 0.244 e. The second kappa shape index (κ2) is 6.93. The quantitative estimate of drug-likeness (QED) is 0.783. The number of halogens is 1. The number of benzene rings is 1. The van der Waals surface area contributed by atoms with Crippen LogP contribution in [0.5, 0.6) is 0 Å². The van der Waals surface area contributed by atoms with Crippen molar-refractivity contribution < 1.29 is 13.2 Å². The number of rotatable bonds is 5. The highest BCUT2D eigenvalue weighted by molar-refractivity contribution is 7.89. The van der Waals surface area contributed by atoms with Gasteiger partial charge in [-0.3, -0.25) is 4.90 Å². The van der Waals surface area contributed by atoms with Crippen LogP contribution in [-0.4, -0.2) is 52.2 Å². The molecule has 3 N–H and O–H groups in total. The first-order valence-corrected chi connectivity index (χ1v) is 8.62. The summed E-state index contributed by atoms with van der Waals surface area (Å²) in [6.45, 7) is 5.40. The van der Waals surface area contributed by atoms with Crippen LogP contribution in [0.4, 0.5) is 5.69 Å². The Bertz CT molecular complexity index is 568. The molecule has 21 heavy (non-hydrogen) atoms. The molecule has 0 amide bonds. The molecule has 8 heteroatoms. The maximum atomic E-state index is 12.4. The van der Waals surface area contributed by atoms with E-state index in [2.05, 4.69) is 9.62 Å². The summed E-state index contributed by atoms with van der Waals surface area (Å²) in [7, 11) is -3.74. The molecular formula is C13H20ClN3O3S. The fourth-order valence-corrected chi connectivity index (χ4v) is 4.25. The highest BCUT2D eigenvalue weighted by atomic mass is 35.5. The minimum atomic E-state index is -3.74. The molecule has 0 bridgehead atoms. The molecule has 1 unspecified atom stereocenters. The van der Waals surface area contributed by atoms with Crippen LogP contribution in [0.3, 0.4) is 0 Å². The average Bonchev–Trinajstić information content (AvgIpc) is 2.38. The molecule has 1 heterocycles. The van der Waals surface area contributed by atoms with Gasteiger partial charge in [0.05, 0.1) is 23.9 Å². The normalized spacial score (nSPS) is 18.6. The third-order valence-corrected chi connectivity index (χ3v) is 5.39. The fourth-order valence-electron chi connectivity index (χ4n) is 2.34. The molecule has 1 saturated heterocycles. The van der Waals surface area contributed by atoms with Crippen LogP contribution in [0.1, 0.15) is 6.92 Å². The van der Waals surface area contributed by atoms with E-state index in [-0.39, 0.29) is 21.6 Å². The summed E-state index contributed by atoms with van der Waals surface area (Å²) in [5.41, 5.74) is 5.88. The molecule has 1 aliphatic rings. The van der Waals surface area contributed by atoms with E-state index in [1.165, 1.54) is 12.1 Å². The van der Waals surface area contributed by atoms with Crippen LogP contribution in [0.15, 0.2) is 23.1 Å². The number of nitrogens with zero attached hydrogens (tertiary/aromatic N) is 1. The first-order chi connectivity index (χ1) is 9.90. The Balaban J connectivity index is 2.06. The zero-order chi connectivity index (χ0) is 15.5. The summed E-state index contributed by atoms with van der Waals surface area (Å²) in [6, 6.07) is 4.41. The Morgan fingerprint density at radius 1 is 1.43 bits per heavy atom. The Hall–Kier alpha value is -0.860. The SMILES string of the molecule is CC(CN1CCOCC1)NS(=O)(=O)c1c(N)cccc1Cl. The molecule has 0 aliphatic carbocycles. The molecular weight excluding hydrogens is 314 g/mol. The van der Waals surface area contributed by atoms with E-state index in [1.54, 1.807) is 6.07 Å². The van der Waals surface area contributed by atoms with Crippen molar-refractivity contribution in [3.8, 4) is 0 Å². The standard InChI is InChI=1S/C13H20ClN3O3S/c1-10(9-17-5-7-20-8-6-17)16-21(18,19)13-11(14)3-2-4-12(13)15/h2-4,10,16H,5-9,15H2,1H3. The highest BCUT2D eigenvalue weighted by Crippen LogP contribution is 2.27. The number of hydrogen-bond donors (Lipinski definition) is 2. The van der Waals surface area contributed by atoms with Gasteiger partial charge in [-0.25, -0.2) is 13.1 Å². The van der Waals surface area contributed by atoms with Crippen LogP contribution in [0, 0.1) is 0 Å². The van der Waals surface area contributed by atoms with Crippen molar-refractivity contribution in [2.24, 2.45) is 0 Å². The first-order valence-electron chi connectivity index (χ1n) is 6.76. The molecule has 1 atom stereocenters. The number of anilines is 1. The zero-order valence-corrected chi connectivity index (χ0v) is 13.5. The van der Waals surface area contributed by atoms with Crippen molar-refractivity contribution in [2.75, 3.05) is 38.6 Å². The molecule has 0 aromatic heterocycles. The van der Waals surface area contributed by atoms with Crippen LogP contribution in [0.25, 0.3) is 0 Å². The predicted molar refractivity (Wildman–Crippen MR) is 82.9 cm³/mol. The zero-order valence-electron chi connectivity index (χ0n) is 11.9.